The summed E-state index contributed by atoms with van der Waals surface area (Å²) in [5.41, 5.74) is 6.62. The largest absolute Gasteiger partial charge is 0.369 e. The first-order valence-electron chi connectivity index (χ1n) is 8.75. The number of anilines is 1. The first-order valence-corrected chi connectivity index (χ1v) is 9.13. The molecule has 4 nitrogen and oxygen atoms in total. The van der Waals surface area contributed by atoms with Gasteiger partial charge in [-0.25, -0.2) is 5.43 Å². The van der Waals surface area contributed by atoms with Gasteiger partial charge in [0.15, 0.2) is 0 Å². The number of nitrogens with one attached hydrogen (secondary N) is 1. The number of fused-ring (bicyclic) bond motifs is 1. The van der Waals surface area contributed by atoms with Gasteiger partial charge in [-0.05, 0) is 61.6 Å². The fraction of sp³-hybridized carbons (Fsp3) is 0.333. The molecular weight excluding hydrogens is 346 g/mol. The number of halogens is 1. The van der Waals surface area contributed by atoms with Crippen molar-refractivity contribution in [3.05, 3.63) is 64.2 Å². The molecular formula is C21H24ClN3O. The number of hydrogen-bond donors (Lipinski definition) is 1. The molecule has 3 rings (SSSR count). The number of hydrazone groups is 1. The van der Waals surface area contributed by atoms with E-state index < -0.39 is 0 Å². The molecule has 1 unspecified atom stereocenters. The molecule has 2 aromatic carbocycles. The smallest absolute Gasteiger partial charge is 0.272 e. The van der Waals surface area contributed by atoms with Gasteiger partial charge in [-0.2, -0.15) is 5.10 Å². The summed E-state index contributed by atoms with van der Waals surface area (Å²) in [6.07, 6.45) is 2.77. The lowest BCUT2D eigenvalue weighted by atomic mass is 9.80. The van der Waals surface area contributed by atoms with E-state index in [1.807, 2.05) is 6.07 Å². The monoisotopic (exact) mass is 369 g/mol. The van der Waals surface area contributed by atoms with Crippen molar-refractivity contribution in [2.45, 2.75) is 38.6 Å². The molecule has 1 heterocycles. The normalized spacial score (nSPS) is 18.7. The maximum Gasteiger partial charge on any atom is 0.272 e. The van der Waals surface area contributed by atoms with E-state index in [4.69, 9.17) is 11.6 Å². The Morgan fingerprint density at radius 2 is 2.04 bits per heavy atom. The predicted octanol–water partition coefficient (Wildman–Crippen LogP) is 4.83. The Morgan fingerprint density at radius 1 is 1.31 bits per heavy atom. The molecule has 0 bridgehead atoms. The lowest BCUT2D eigenvalue weighted by molar-refractivity contribution is 0.0955. The van der Waals surface area contributed by atoms with Gasteiger partial charge < -0.3 is 4.90 Å². The molecule has 0 spiro atoms. The summed E-state index contributed by atoms with van der Waals surface area (Å²) in [7, 11) is 2.14. The second-order valence-electron chi connectivity index (χ2n) is 7.47. The number of amides is 1. The van der Waals surface area contributed by atoms with Crippen LogP contribution in [0.5, 0.6) is 0 Å². The molecule has 0 saturated heterocycles. The zero-order valence-electron chi connectivity index (χ0n) is 15.6. The minimum Gasteiger partial charge on any atom is -0.369 e. The van der Waals surface area contributed by atoms with Crippen LogP contribution in [0.15, 0.2) is 47.6 Å². The molecule has 0 aromatic heterocycles. The Bertz CT molecular complexity index is 860. The van der Waals surface area contributed by atoms with E-state index in [0.717, 1.165) is 12.0 Å². The number of nitrogens with zero attached hydrogens (tertiary/aromatic N) is 2. The lowest BCUT2D eigenvalue weighted by Crippen LogP contribution is -2.45. The van der Waals surface area contributed by atoms with Crippen LogP contribution in [0.25, 0.3) is 0 Å². The summed E-state index contributed by atoms with van der Waals surface area (Å²) < 4.78 is 0. The molecule has 1 amide bonds. The van der Waals surface area contributed by atoms with E-state index in [0.29, 0.717) is 16.5 Å². The summed E-state index contributed by atoms with van der Waals surface area (Å²) >= 11 is 6.03. The van der Waals surface area contributed by atoms with Crippen molar-refractivity contribution in [2.75, 3.05) is 11.9 Å². The Kier molecular flexibility index (Phi) is 5.05. The topological polar surface area (TPSA) is 44.7 Å². The van der Waals surface area contributed by atoms with Crippen LogP contribution in [0.1, 0.15) is 54.6 Å². The Labute approximate surface area is 159 Å². The van der Waals surface area contributed by atoms with Crippen molar-refractivity contribution in [1.82, 2.24) is 5.43 Å². The van der Waals surface area contributed by atoms with E-state index >= 15 is 0 Å². The van der Waals surface area contributed by atoms with Gasteiger partial charge in [0.2, 0.25) is 0 Å². The summed E-state index contributed by atoms with van der Waals surface area (Å²) in [5.74, 6) is 0.155. The number of rotatable bonds is 3. The molecule has 0 radical (unpaired) electrons. The van der Waals surface area contributed by atoms with Crippen LogP contribution in [-0.2, 0) is 0 Å². The Morgan fingerprint density at radius 3 is 2.77 bits per heavy atom. The molecule has 136 valence electrons. The van der Waals surface area contributed by atoms with Crippen LogP contribution in [0.4, 0.5) is 5.69 Å². The average molecular weight is 370 g/mol. The summed E-state index contributed by atoms with van der Waals surface area (Å²) in [5, 5.41) is 4.49. The van der Waals surface area contributed by atoms with Crippen LogP contribution in [0.2, 0.25) is 5.02 Å². The minimum atomic E-state index is -0.320. The SMILES string of the molecule is CC1CC(C)(C)N(C)c2ccc(/C=N/NC(=O)c3ccccc3Cl)cc21. The second-order valence-corrected chi connectivity index (χ2v) is 7.88. The first kappa shape index (κ1) is 18.5. The fourth-order valence-corrected chi connectivity index (χ4v) is 3.77. The van der Waals surface area contributed by atoms with Gasteiger partial charge in [-0.3, -0.25) is 4.79 Å². The highest BCUT2D eigenvalue weighted by molar-refractivity contribution is 6.33. The zero-order chi connectivity index (χ0) is 18.9. The van der Waals surface area contributed by atoms with Crippen LogP contribution in [-0.4, -0.2) is 24.7 Å². The third-order valence-electron chi connectivity index (χ3n) is 5.16. The highest BCUT2D eigenvalue weighted by Gasteiger charge is 2.33. The summed E-state index contributed by atoms with van der Waals surface area (Å²) in [4.78, 5) is 14.5. The molecule has 1 atom stereocenters. The van der Waals surface area contributed by atoms with E-state index in [-0.39, 0.29) is 11.4 Å². The summed E-state index contributed by atoms with van der Waals surface area (Å²) in [6, 6.07) is 13.2. The fourth-order valence-electron chi connectivity index (χ4n) is 3.55. The third kappa shape index (κ3) is 3.61. The molecule has 26 heavy (non-hydrogen) atoms. The van der Waals surface area contributed by atoms with Crippen molar-refractivity contribution in [3.8, 4) is 0 Å². The molecule has 1 aliphatic heterocycles. The van der Waals surface area contributed by atoms with Crippen LogP contribution < -0.4 is 10.3 Å². The Balaban J connectivity index is 1.76. The van der Waals surface area contributed by atoms with Crippen molar-refractivity contribution < 1.29 is 4.79 Å². The number of carbonyl (C=O) groups excluding carboxylic acids is 1. The van der Waals surface area contributed by atoms with Gasteiger partial charge in [0.1, 0.15) is 0 Å². The highest BCUT2D eigenvalue weighted by atomic mass is 35.5. The van der Waals surface area contributed by atoms with E-state index in [2.05, 4.69) is 55.4 Å². The van der Waals surface area contributed by atoms with Crippen molar-refractivity contribution in [2.24, 2.45) is 5.10 Å². The van der Waals surface area contributed by atoms with Gasteiger partial charge in [0.05, 0.1) is 16.8 Å². The predicted molar refractivity (Wildman–Crippen MR) is 108 cm³/mol. The van der Waals surface area contributed by atoms with Crippen molar-refractivity contribution in [3.63, 3.8) is 0 Å². The van der Waals surface area contributed by atoms with Gasteiger partial charge in [0.25, 0.3) is 5.91 Å². The molecule has 2 aromatic rings. The maximum atomic E-state index is 12.1. The zero-order valence-corrected chi connectivity index (χ0v) is 16.3. The van der Waals surface area contributed by atoms with Crippen molar-refractivity contribution >= 4 is 29.4 Å². The van der Waals surface area contributed by atoms with E-state index in [9.17, 15) is 4.79 Å². The highest BCUT2D eigenvalue weighted by Crippen LogP contribution is 2.42. The van der Waals surface area contributed by atoms with Gasteiger partial charge in [-0.1, -0.05) is 36.7 Å². The molecule has 1 aliphatic rings. The average Bonchev–Trinajstić information content (AvgIpc) is 2.60. The van der Waals surface area contributed by atoms with E-state index in [1.54, 1.807) is 30.5 Å². The van der Waals surface area contributed by atoms with Gasteiger partial charge in [-0.15, -0.1) is 0 Å². The van der Waals surface area contributed by atoms with Crippen LogP contribution in [0, 0.1) is 0 Å². The van der Waals surface area contributed by atoms with Gasteiger partial charge >= 0.3 is 0 Å². The molecule has 0 saturated carbocycles. The second kappa shape index (κ2) is 7.12. The lowest BCUT2D eigenvalue weighted by Gasteiger charge is -2.45. The minimum absolute atomic E-state index is 0.144. The van der Waals surface area contributed by atoms with Gasteiger partial charge in [0, 0.05) is 18.3 Å². The standard InChI is InChI=1S/C21H24ClN3O/c1-14-12-21(2,3)25(4)19-10-9-15(11-17(14)19)13-23-24-20(26)16-7-5-6-8-18(16)22/h5-11,13-14H,12H2,1-4H3,(H,24,26)/b23-13+. The van der Waals surface area contributed by atoms with Crippen LogP contribution >= 0.6 is 11.6 Å². The molecule has 0 fully saturated rings. The first-order chi connectivity index (χ1) is 12.3. The Hall–Kier alpha value is -2.33. The third-order valence-corrected chi connectivity index (χ3v) is 5.49. The summed E-state index contributed by atoms with van der Waals surface area (Å²) in [6.45, 7) is 6.80. The number of hydrogen-bond acceptors (Lipinski definition) is 3. The number of carbonyl (C=O) groups is 1. The molecule has 1 N–H and O–H groups in total. The van der Waals surface area contributed by atoms with E-state index in [1.165, 1.54) is 11.3 Å². The van der Waals surface area contributed by atoms with Crippen LogP contribution in [0.3, 0.4) is 0 Å². The molecule has 0 aliphatic carbocycles. The quantitative estimate of drug-likeness (QED) is 0.622. The number of benzene rings is 2. The molecule has 5 heteroatoms. The van der Waals surface area contributed by atoms with Crippen molar-refractivity contribution in [1.29, 1.82) is 0 Å². The maximum absolute atomic E-state index is 12.1.